The monoisotopic (exact) mass is 477 g/mol. The molecule has 0 radical (unpaired) electrons. The summed E-state index contributed by atoms with van der Waals surface area (Å²) in [6.45, 7) is 3.48. The zero-order chi connectivity index (χ0) is 24.1. The Morgan fingerprint density at radius 2 is 1.91 bits per heavy atom. The second kappa shape index (κ2) is 8.62. The highest BCUT2D eigenvalue weighted by atomic mass is 19.1. The first-order valence-electron chi connectivity index (χ1n) is 11.8. The molecular weight excluding hydrogens is 449 g/mol. The minimum Gasteiger partial charge on any atom is -0.488 e. The van der Waals surface area contributed by atoms with Gasteiger partial charge in [-0.15, -0.1) is 0 Å². The number of ether oxygens (including phenoxy) is 2. The Balaban J connectivity index is 1.28. The van der Waals surface area contributed by atoms with E-state index in [0.717, 1.165) is 54.1 Å². The number of anilines is 2. The SMILES string of the molecule is Cc1cc(-c2ccn3nc(Nc4nn(C)cc4F)cc3c2)c(OC2CC3COCC(C2)N3C)cn1. The van der Waals surface area contributed by atoms with Crippen molar-refractivity contribution in [3.8, 4) is 16.9 Å². The summed E-state index contributed by atoms with van der Waals surface area (Å²) < 4.78 is 29.5. The van der Waals surface area contributed by atoms with Gasteiger partial charge in [0.1, 0.15) is 11.9 Å². The van der Waals surface area contributed by atoms with E-state index < -0.39 is 5.82 Å². The van der Waals surface area contributed by atoms with E-state index in [0.29, 0.717) is 17.9 Å². The molecule has 35 heavy (non-hydrogen) atoms. The molecule has 0 saturated carbocycles. The van der Waals surface area contributed by atoms with Crippen LogP contribution in [0, 0.1) is 12.7 Å². The fourth-order valence-electron chi connectivity index (χ4n) is 5.08. The molecule has 182 valence electrons. The number of rotatable bonds is 5. The summed E-state index contributed by atoms with van der Waals surface area (Å²) in [5, 5.41) is 11.5. The number of piperidine rings is 1. The fourth-order valence-corrected chi connectivity index (χ4v) is 5.08. The van der Waals surface area contributed by atoms with Gasteiger partial charge in [-0.1, -0.05) is 0 Å². The molecule has 2 saturated heterocycles. The van der Waals surface area contributed by atoms with Crippen LogP contribution in [0.3, 0.4) is 0 Å². The van der Waals surface area contributed by atoms with Gasteiger partial charge < -0.3 is 14.8 Å². The number of fused-ring (bicyclic) bond motifs is 3. The Kier molecular flexibility index (Phi) is 5.42. The number of morpholine rings is 1. The lowest BCUT2D eigenvalue weighted by Gasteiger charge is -2.46. The largest absolute Gasteiger partial charge is 0.488 e. The zero-order valence-corrected chi connectivity index (χ0v) is 20.0. The summed E-state index contributed by atoms with van der Waals surface area (Å²) in [5.41, 5.74) is 3.78. The third-order valence-corrected chi connectivity index (χ3v) is 6.95. The molecule has 2 aliphatic heterocycles. The van der Waals surface area contributed by atoms with E-state index >= 15 is 0 Å². The third-order valence-electron chi connectivity index (χ3n) is 6.95. The molecule has 9 nitrogen and oxygen atoms in total. The van der Waals surface area contributed by atoms with Gasteiger partial charge in [0.25, 0.3) is 0 Å². The van der Waals surface area contributed by atoms with E-state index in [1.165, 1.54) is 10.9 Å². The maximum absolute atomic E-state index is 14.0. The highest BCUT2D eigenvalue weighted by Gasteiger charge is 2.38. The molecule has 1 N–H and O–H groups in total. The van der Waals surface area contributed by atoms with E-state index in [1.54, 1.807) is 11.6 Å². The smallest absolute Gasteiger partial charge is 0.189 e. The Labute approximate surface area is 202 Å². The molecule has 6 rings (SSSR count). The van der Waals surface area contributed by atoms with Gasteiger partial charge >= 0.3 is 0 Å². The van der Waals surface area contributed by atoms with Crippen molar-refractivity contribution in [3.63, 3.8) is 0 Å². The fraction of sp³-hybridized carbons (Fsp3) is 0.400. The average Bonchev–Trinajstić information content (AvgIpc) is 3.36. The van der Waals surface area contributed by atoms with Crippen molar-refractivity contribution >= 4 is 17.2 Å². The molecular formula is C25H28FN7O2. The van der Waals surface area contributed by atoms with Crippen molar-refractivity contribution in [1.29, 1.82) is 0 Å². The molecule has 10 heteroatoms. The first-order valence-corrected chi connectivity index (χ1v) is 11.8. The van der Waals surface area contributed by atoms with Crippen molar-refractivity contribution < 1.29 is 13.9 Å². The van der Waals surface area contributed by atoms with Gasteiger partial charge in [0, 0.05) is 55.5 Å². The van der Waals surface area contributed by atoms with Crippen LogP contribution in [0.15, 0.2) is 42.9 Å². The molecule has 0 amide bonds. The van der Waals surface area contributed by atoms with Crippen molar-refractivity contribution in [1.82, 2.24) is 29.3 Å². The lowest BCUT2D eigenvalue weighted by atomic mass is 9.92. The van der Waals surface area contributed by atoms with Gasteiger partial charge in [0.15, 0.2) is 17.5 Å². The highest BCUT2D eigenvalue weighted by Crippen LogP contribution is 2.35. The Morgan fingerprint density at radius 3 is 2.66 bits per heavy atom. The molecule has 0 aromatic carbocycles. The predicted molar refractivity (Wildman–Crippen MR) is 129 cm³/mol. The lowest BCUT2D eigenvalue weighted by molar-refractivity contribution is -0.0879. The summed E-state index contributed by atoms with van der Waals surface area (Å²) in [6.07, 6.45) is 7.01. The number of hydrogen-bond donors (Lipinski definition) is 1. The van der Waals surface area contributed by atoms with E-state index in [9.17, 15) is 4.39 Å². The number of nitrogens with one attached hydrogen (secondary N) is 1. The summed E-state index contributed by atoms with van der Waals surface area (Å²) in [5.74, 6) is 1.01. The van der Waals surface area contributed by atoms with Crippen molar-refractivity contribution in [3.05, 3.63) is 54.4 Å². The Morgan fingerprint density at radius 1 is 1.11 bits per heavy atom. The van der Waals surface area contributed by atoms with Crippen LogP contribution in [0.5, 0.6) is 5.75 Å². The van der Waals surface area contributed by atoms with Crippen LogP contribution < -0.4 is 10.1 Å². The van der Waals surface area contributed by atoms with Crippen molar-refractivity contribution in [2.45, 2.75) is 38.0 Å². The number of aromatic nitrogens is 5. The van der Waals surface area contributed by atoms with Crippen LogP contribution >= 0.6 is 0 Å². The highest BCUT2D eigenvalue weighted by molar-refractivity contribution is 5.75. The average molecular weight is 478 g/mol. The minimum atomic E-state index is -0.427. The van der Waals surface area contributed by atoms with Crippen LogP contribution in [0.1, 0.15) is 18.5 Å². The molecule has 6 heterocycles. The number of likely N-dealkylation sites (N-methyl/N-ethyl adjacent to an activating group) is 1. The second-order valence-corrected chi connectivity index (χ2v) is 9.48. The van der Waals surface area contributed by atoms with E-state index in [-0.39, 0.29) is 11.9 Å². The van der Waals surface area contributed by atoms with Gasteiger partial charge in [-0.3, -0.25) is 14.6 Å². The molecule has 2 atom stereocenters. The standard InChI is InChI=1S/C25H28FN7O2/c1-15-6-21(23(11-27-15)35-20-8-18-13-34-14-19(9-20)32(18)3)16-4-5-33-17(7-16)10-24(29-33)28-25-22(26)12-31(2)30-25/h4-7,10-12,18-20H,8-9,13-14H2,1-3H3,(H,28,29,30). The molecule has 2 unspecified atom stereocenters. The number of pyridine rings is 2. The zero-order valence-electron chi connectivity index (χ0n) is 20.0. The minimum absolute atomic E-state index is 0.121. The van der Waals surface area contributed by atoms with E-state index in [1.807, 2.05) is 37.5 Å². The van der Waals surface area contributed by atoms with Gasteiger partial charge in [-0.05, 0) is 37.7 Å². The number of halogens is 1. The molecule has 2 bridgehead atoms. The van der Waals surface area contributed by atoms with Crippen LogP contribution in [0.4, 0.5) is 16.0 Å². The summed E-state index contributed by atoms with van der Waals surface area (Å²) >= 11 is 0. The van der Waals surface area contributed by atoms with E-state index in [2.05, 4.69) is 38.5 Å². The quantitative estimate of drug-likeness (QED) is 0.471. The second-order valence-electron chi connectivity index (χ2n) is 9.48. The number of nitrogens with zero attached hydrogens (tertiary/aromatic N) is 6. The normalized spacial score (nSPS) is 22.5. The number of aryl methyl sites for hydroxylation is 2. The molecule has 4 aromatic rings. The maximum atomic E-state index is 14.0. The van der Waals surface area contributed by atoms with Gasteiger partial charge in [0.05, 0.1) is 31.1 Å². The van der Waals surface area contributed by atoms with Crippen LogP contribution in [0.2, 0.25) is 0 Å². The Bertz CT molecular complexity index is 1370. The predicted octanol–water partition coefficient (Wildman–Crippen LogP) is 3.56. The first-order chi connectivity index (χ1) is 16.9. The summed E-state index contributed by atoms with van der Waals surface area (Å²) in [7, 11) is 3.85. The van der Waals surface area contributed by atoms with E-state index in [4.69, 9.17) is 9.47 Å². The van der Waals surface area contributed by atoms with Crippen LogP contribution in [-0.4, -0.2) is 67.7 Å². The first kappa shape index (κ1) is 22.0. The van der Waals surface area contributed by atoms with Gasteiger partial charge in [-0.25, -0.2) is 8.91 Å². The van der Waals surface area contributed by atoms with Gasteiger partial charge in [0.2, 0.25) is 0 Å². The van der Waals surface area contributed by atoms with Crippen LogP contribution in [-0.2, 0) is 11.8 Å². The lowest BCUT2D eigenvalue weighted by Crippen LogP contribution is -2.57. The van der Waals surface area contributed by atoms with Crippen LogP contribution in [0.25, 0.3) is 16.6 Å². The summed E-state index contributed by atoms with van der Waals surface area (Å²) in [4.78, 5) is 6.93. The maximum Gasteiger partial charge on any atom is 0.189 e. The molecule has 0 spiro atoms. The van der Waals surface area contributed by atoms with Crippen molar-refractivity contribution in [2.24, 2.45) is 7.05 Å². The topological polar surface area (TPSA) is 81.7 Å². The van der Waals surface area contributed by atoms with Crippen molar-refractivity contribution in [2.75, 3.05) is 25.6 Å². The third kappa shape index (κ3) is 4.23. The molecule has 2 fully saturated rings. The van der Waals surface area contributed by atoms with Gasteiger partial charge in [-0.2, -0.15) is 10.2 Å². The Hall–Kier alpha value is -3.50. The summed E-state index contributed by atoms with van der Waals surface area (Å²) in [6, 6.07) is 8.73. The molecule has 4 aromatic heterocycles. The number of hydrogen-bond acceptors (Lipinski definition) is 7. The molecule has 2 aliphatic rings. The molecule has 0 aliphatic carbocycles.